The molecule has 0 aromatic carbocycles. The highest BCUT2D eigenvalue weighted by atomic mass is 16.2. The van der Waals surface area contributed by atoms with Gasteiger partial charge in [0.15, 0.2) is 5.96 Å². The summed E-state index contributed by atoms with van der Waals surface area (Å²) in [6.45, 7) is 14.6. The van der Waals surface area contributed by atoms with Crippen molar-refractivity contribution in [3.8, 4) is 0 Å². The van der Waals surface area contributed by atoms with Gasteiger partial charge >= 0.3 is 0 Å². The van der Waals surface area contributed by atoms with E-state index in [-0.39, 0.29) is 11.8 Å². The van der Waals surface area contributed by atoms with Crippen molar-refractivity contribution >= 4 is 11.9 Å². The third-order valence-electron chi connectivity index (χ3n) is 5.07. The number of rotatable bonds is 11. The van der Waals surface area contributed by atoms with Gasteiger partial charge in [-0.05, 0) is 45.7 Å². The summed E-state index contributed by atoms with van der Waals surface area (Å²) < 4.78 is 0. The van der Waals surface area contributed by atoms with E-state index in [2.05, 4.69) is 44.6 Å². The number of carbonyl (C=O) groups excluding carboxylic acids is 1. The minimum absolute atomic E-state index is 0.202. The zero-order valence-corrected chi connectivity index (χ0v) is 16.7. The second-order valence-electron chi connectivity index (χ2n) is 7.24. The molecule has 2 rings (SSSR count). The van der Waals surface area contributed by atoms with E-state index in [0.717, 1.165) is 38.3 Å². The first kappa shape index (κ1) is 21.0. The van der Waals surface area contributed by atoms with Crippen LogP contribution in [0.25, 0.3) is 0 Å². The van der Waals surface area contributed by atoms with Crippen molar-refractivity contribution in [2.45, 2.75) is 39.5 Å². The Morgan fingerprint density at radius 1 is 0.962 bits per heavy atom. The molecule has 150 valence electrons. The largest absolute Gasteiger partial charge is 0.357 e. The molecule has 1 saturated heterocycles. The second-order valence-corrected chi connectivity index (χ2v) is 7.24. The van der Waals surface area contributed by atoms with Gasteiger partial charge in [-0.1, -0.05) is 6.92 Å². The normalized spacial score (nSPS) is 19.4. The highest BCUT2D eigenvalue weighted by molar-refractivity contribution is 5.81. The van der Waals surface area contributed by atoms with Gasteiger partial charge in [-0.15, -0.1) is 0 Å². The number of likely N-dealkylation sites (N-methyl/N-ethyl adjacent to an activating group) is 1. The Kier molecular flexibility index (Phi) is 9.77. The van der Waals surface area contributed by atoms with Gasteiger partial charge in [0.1, 0.15) is 0 Å². The first-order valence-electron chi connectivity index (χ1n) is 10.5. The van der Waals surface area contributed by atoms with Crippen LogP contribution in [0.15, 0.2) is 4.99 Å². The van der Waals surface area contributed by atoms with Crippen molar-refractivity contribution in [2.24, 2.45) is 10.9 Å². The van der Waals surface area contributed by atoms with E-state index in [0.29, 0.717) is 13.1 Å². The molecule has 2 aliphatic rings. The molecule has 1 aliphatic heterocycles. The highest BCUT2D eigenvalue weighted by Crippen LogP contribution is 2.28. The van der Waals surface area contributed by atoms with E-state index in [9.17, 15) is 4.79 Å². The maximum absolute atomic E-state index is 11.6. The zero-order valence-electron chi connectivity index (χ0n) is 16.7. The Balaban J connectivity index is 1.52. The standard InChI is InChI=1S/C19H38N6O/c1-3-20-19(23-11-10-21-18(26)17-7-8-17)22-9-5-6-12-25-15-13-24(4-2)14-16-25/h17H,3-16H2,1-2H3,(H,21,26)(H2,20,22,23). The third-order valence-corrected chi connectivity index (χ3v) is 5.07. The van der Waals surface area contributed by atoms with Crippen molar-refractivity contribution in [2.75, 3.05) is 65.4 Å². The quantitative estimate of drug-likeness (QED) is 0.282. The highest BCUT2D eigenvalue weighted by Gasteiger charge is 2.28. The predicted octanol–water partition coefficient (Wildman–Crippen LogP) is 0.485. The topological polar surface area (TPSA) is 72.0 Å². The van der Waals surface area contributed by atoms with Crippen LogP contribution in [0.3, 0.4) is 0 Å². The molecule has 2 fully saturated rings. The molecule has 0 bridgehead atoms. The van der Waals surface area contributed by atoms with Crippen molar-refractivity contribution in [1.82, 2.24) is 25.8 Å². The van der Waals surface area contributed by atoms with E-state index in [1.165, 1.54) is 45.7 Å². The first-order valence-corrected chi connectivity index (χ1v) is 10.5. The number of hydrogen-bond donors (Lipinski definition) is 3. The lowest BCUT2D eigenvalue weighted by Crippen LogP contribution is -2.46. The number of carbonyl (C=O) groups is 1. The first-order chi connectivity index (χ1) is 12.7. The average molecular weight is 367 g/mol. The fourth-order valence-electron chi connectivity index (χ4n) is 3.17. The average Bonchev–Trinajstić information content (AvgIpc) is 3.50. The SMILES string of the molecule is CCNC(=NCCCCN1CCN(CC)CC1)NCCNC(=O)C1CC1. The fraction of sp³-hybridized carbons (Fsp3) is 0.895. The van der Waals surface area contributed by atoms with Crippen LogP contribution in [0.4, 0.5) is 0 Å². The van der Waals surface area contributed by atoms with Crippen LogP contribution in [0, 0.1) is 5.92 Å². The summed E-state index contributed by atoms with van der Waals surface area (Å²) in [5.41, 5.74) is 0. The predicted molar refractivity (Wildman–Crippen MR) is 108 cm³/mol. The summed E-state index contributed by atoms with van der Waals surface area (Å²) in [4.78, 5) is 21.3. The summed E-state index contributed by atoms with van der Waals surface area (Å²) in [6, 6.07) is 0. The Morgan fingerprint density at radius 2 is 1.65 bits per heavy atom. The molecule has 1 saturated carbocycles. The lowest BCUT2D eigenvalue weighted by molar-refractivity contribution is -0.122. The van der Waals surface area contributed by atoms with Crippen molar-refractivity contribution < 1.29 is 4.79 Å². The molecular formula is C19H38N6O. The van der Waals surface area contributed by atoms with E-state index in [4.69, 9.17) is 0 Å². The molecule has 0 spiro atoms. The van der Waals surface area contributed by atoms with Crippen molar-refractivity contribution in [1.29, 1.82) is 0 Å². The Bertz CT molecular complexity index is 430. The van der Waals surface area contributed by atoms with E-state index in [1.54, 1.807) is 0 Å². The molecule has 3 N–H and O–H groups in total. The lowest BCUT2D eigenvalue weighted by Gasteiger charge is -2.33. The van der Waals surface area contributed by atoms with Gasteiger partial charge in [0.25, 0.3) is 0 Å². The van der Waals surface area contributed by atoms with Crippen LogP contribution in [0.5, 0.6) is 0 Å². The van der Waals surface area contributed by atoms with E-state index < -0.39 is 0 Å². The van der Waals surface area contributed by atoms with Crippen molar-refractivity contribution in [3.63, 3.8) is 0 Å². The van der Waals surface area contributed by atoms with Gasteiger partial charge < -0.3 is 25.8 Å². The molecule has 1 amide bonds. The molecule has 7 nitrogen and oxygen atoms in total. The maximum Gasteiger partial charge on any atom is 0.223 e. The van der Waals surface area contributed by atoms with Gasteiger partial charge in [0, 0.05) is 58.3 Å². The summed E-state index contributed by atoms with van der Waals surface area (Å²) in [5.74, 6) is 1.33. The minimum Gasteiger partial charge on any atom is -0.357 e. The summed E-state index contributed by atoms with van der Waals surface area (Å²) in [5, 5.41) is 9.53. The van der Waals surface area contributed by atoms with Crippen LogP contribution in [-0.2, 0) is 4.79 Å². The zero-order chi connectivity index (χ0) is 18.6. The van der Waals surface area contributed by atoms with Gasteiger partial charge in [-0.3, -0.25) is 9.79 Å². The number of nitrogens with zero attached hydrogens (tertiary/aromatic N) is 3. The molecule has 1 aliphatic carbocycles. The summed E-state index contributed by atoms with van der Waals surface area (Å²) >= 11 is 0. The molecule has 0 aromatic rings. The van der Waals surface area contributed by atoms with Crippen LogP contribution in [0.2, 0.25) is 0 Å². The number of amides is 1. The molecule has 1 heterocycles. The fourth-order valence-corrected chi connectivity index (χ4v) is 3.17. The van der Waals surface area contributed by atoms with Crippen LogP contribution >= 0.6 is 0 Å². The number of hydrogen-bond acceptors (Lipinski definition) is 4. The number of nitrogens with one attached hydrogen (secondary N) is 3. The Hall–Kier alpha value is -1.34. The monoisotopic (exact) mass is 366 g/mol. The molecule has 7 heteroatoms. The Labute approximate surface area is 159 Å². The number of aliphatic imine (C=N–C) groups is 1. The summed E-state index contributed by atoms with van der Waals surface area (Å²) in [6.07, 6.45) is 4.42. The van der Waals surface area contributed by atoms with Crippen LogP contribution in [-0.4, -0.2) is 87.1 Å². The lowest BCUT2D eigenvalue weighted by atomic mass is 10.2. The molecular weight excluding hydrogens is 328 g/mol. The van der Waals surface area contributed by atoms with Gasteiger partial charge in [-0.2, -0.15) is 0 Å². The number of piperazine rings is 1. The van der Waals surface area contributed by atoms with Crippen LogP contribution in [0.1, 0.15) is 39.5 Å². The molecule has 26 heavy (non-hydrogen) atoms. The molecule has 0 aromatic heterocycles. The van der Waals surface area contributed by atoms with Gasteiger partial charge in [0.2, 0.25) is 5.91 Å². The van der Waals surface area contributed by atoms with Crippen molar-refractivity contribution in [3.05, 3.63) is 0 Å². The molecule has 0 atom stereocenters. The number of unbranched alkanes of at least 4 members (excludes halogenated alkanes) is 1. The number of guanidine groups is 1. The Morgan fingerprint density at radius 3 is 2.31 bits per heavy atom. The minimum atomic E-state index is 0.202. The van der Waals surface area contributed by atoms with Crippen LogP contribution < -0.4 is 16.0 Å². The second kappa shape index (κ2) is 12.1. The smallest absolute Gasteiger partial charge is 0.223 e. The third kappa shape index (κ3) is 8.36. The van der Waals surface area contributed by atoms with E-state index in [1.807, 2.05) is 0 Å². The summed E-state index contributed by atoms with van der Waals surface area (Å²) in [7, 11) is 0. The molecule has 0 unspecified atom stereocenters. The van der Waals surface area contributed by atoms with Gasteiger partial charge in [0.05, 0.1) is 0 Å². The van der Waals surface area contributed by atoms with E-state index >= 15 is 0 Å². The van der Waals surface area contributed by atoms with Gasteiger partial charge in [-0.25, -0.2) is 0 Å². The maximum atomic E-state index is 11.6. The molecule has 0 radical (unpaired) electrons.